The predicted octanol–water partition coefficient (Wildman–Crippen LogP) is 4.21. The van der Waals surface area contributed by atoms with Gasteiger partial charge in [-0.1, -0.05) is 0 Å². The predicted molar refractivity (Wildman–Crippen MR) is 78.3 cm³/mol. The lowest BCUT2D eigenvalue weighted by molar-refractivity contribution is -0.141. The molecule has 0 unspecified atom stereocenters. The van der Waals surface area contributed by atoms with E-state index in [1.807, 2.05) is 6.92 Å². The van der Waals surface area contributed by atoms with Crippen LogP contribution in [-0.4, -0.2) is 10.9 Å². The number of halogens is 3. The third kappa shape index (κ3) is 2.72. The molecule has 1 amide bonds. The summed E-state index contributed by atoms with van der Waals surface area (Å²) in [5.41, 5.74) is 1.03. The first-order chi connectivity index (χ1) is 10.4. The molecule has 1 aliphatic carbocycles. The Hall–Kier alpha value is -1.89. The molecule has 7 heteroatoms. The van der Waals surface area contributed by atoms with E-state index in [0.717, 1.165) is 42.0 Å². The number of carbonyl (C=O) groups excluding carboxylic acids is 1. The van der Waals surface area contributed by atoms with Crippen LogP contribution in [0.2, 0.25) is 0 Å². The number of pyridine rings is 1. The van der Waals surface area contributed by atoms with Gasteiger partial charge in [-0.2, -0.15) is 13.2 Å². The number of alkyl halides is 3. The van der Waals surface area contributed by atoms with Crippen LogP contribution >= 0.6 is 11.3 Å². The highest BCUT2D eigenvalue weighted by Crippen LogP contribution is 2.35. The van der Waals surface area contributed by atoms with Crippen molar-refractivity contribution in [1.82, 2.24) is 4.98 Å². The number of thiophene rings is 1. The number of aryl methyl sites for hydroxylation is 2. The highest BCUT2D eigenvalue weighted by Gasteiger charge is 2.32. The molecule has 0 fully saturated rings. The van der Waals surface area contributed by atoms with Gasteiger partial charge in [0.15, 0.2) is 0 Å². The minimum atomic E-state index is -4.48. The van der Waals surface area contributed by atoms with Crippen molar-refractivity contribution in [1.29, 1.82) is 0 Å². The largest absolute Gasteiger partial charge is 0.433 e. The lowest BCUT2D eigenvalue weighted by atomic mass is 10.1. The lowest BCUT2D eigenvalue weighted by Crippen LogP contribution is -2.15. The summed E-state index contributed by atoms with van der Waals surface area (Å²) in [6.07, 6.45) is -0.525. The molecule has 0 saturated heterocycles. The third-order valence-corrected chi connectivity index (χ3v) is 4.84. The van der Waals surface area contributed by atoms with E-state index in [0.29, 0.717) is 5.56 Å². The molecule has 0 radical (unpaired) electrons. The Morgan fingerprint density at radius 1 is 1.32 bits per heavy atom. The van der Waals surface area contributed by atoms with E-state index in [1.165, 1.54) is 10.9 Å². The summed E-state index contributed by atoms with van der Waals surface area (Å²) < 4.78 is 37.4. The Kier molecular flexibility index (Phi) is 3.68. The van der Waals surface area contributed by atoms with Gasteiger partial charge in [-0.25, -0.2) is 4.98 Å². The molecule has 2 aromatic heterocycles. The maximum Gasteiger partial charge on any atom is 0.433 e. The van der Waals surface area contributed by atoms with E-state index in [-0.39, 0.29) is 11.6 Å². The zero-order valence-electron chi connectivity index (χ0n) is 11.8. The first kappa shape index (κ1) is 15.0. The van der Waals surface area contributed by atoms with Crippen LogP contribution in [0.3, 0.4) is 0 Å². The van der Waals surface area contributed by atoms with Crippen molar-refractivity contribution in [2.45, 2.75) is 32.4 Å². The average Bonchev–Trinajstić information content (AvgIpc) is 2.97. The van der Waals surface area contributed by atoms with E-state index < -0.39 is 11.9 Å². The van der Waals surface area contributed by atoms with Crippen molar-refractivity contribution < 1.29 is 18.0 Å². The normalized spacial score (nSPS) is 14.0. The number of nitrogens with one attached hydrogen (secondary N) is 1. The van der Waals surface area contributed by atoms with Gasteiger partial charge in [0.2, 0.25) is 0 Å². The van der Waals surface area contributed by atoms with Crippen LogP contribution in [0, 0.1) is 6.92 Å². The smallest absolute Gasteiger partial charge is 0.321 e. The molecule has 1 aliphatic rings. The zero-order chi connectivity index (χ0) is 15.9. The van der Waals surface area contributed by atoms with Gasteiger partial charge in [-0.15, -0.1) is 11.3 Å². The standard InChI is InChI=1S/C15H13F3N2OS/c1-8-13(10-3-2-4-11(10)22-8)14(21)20-9-5-6-12(19-7-9)15(16,17)18/h5-7H,2-4H2,1H3,(H,20,21). The van der Waals surface area contributed by atoms with Crippen LogP contribution in [0.25, 0.3) is 0 Å². The first-order valence-electron chi connectivity index (χ1n) is 6.82. The number of hydrogen-bond acceptors (Lipinski definition) is 3. The second-order valence-corrected chi connectivity index (χ2v) is 6.48. The highest BCUT2D eigenvalue weighted by atomic mass is 32.1. The zero-order valence-corrected chi connectivity index (χ0v) is 12.6. The molecule has 2 heterocycles. The van der Waals surface area contributed by atoms with E-state index in [4.69, 9.17) is 0 Å². The molecule has 0 atom stereocenters. The van der Waals surface area contributed by atoms with Crippen molar-refractivity contribution in [2.75, 3.05) is 5.32 Å². The molecular formula is C15H13F3N2OS. The Morgan fingerprint density at radius 3 is 2.73 bits per heavy atom. The maximum atomic E-state index is 12.5. The summed E-state index contributed by atoms with van der Waals surface area (Å²) in [6, 6.07) is 2.08. The van der Waals surface area contributed by atoms with Gasteiger partial charge in [0, 0.05) is 9.75 Å². The van der Waals surface area contributed by atoms with Gasteiger partial charge in [0.25, 0.3) is 5.91 Å². The van der Waals surface area contributed by atoms with Crippen LogP contribution in [0.1, 0.15) is 37.8 Å². The maximum absolute atomic E-state index is 12.5. The van der Waals surface area contributed by atoms with Crippen LogP contribution < -0.4 is 5.32 Å². The highest BCUT2D eigenvalue weighted by molar-refractivity contribution is 7.12. The molecule has 3 rings (SSSR count). The molecule has 3 nitrogen and oxygen atoms in total. The van der Waals surface area contributed by atoms with Gasteiger partial charge < -0.3 is 5.32 Å². The van der Waals surface area contributed by atoms with Crippen LogP contribution in [0.4, 0.5) is 18.9 Å². The average molecular weight is 326 g/mol. The van der Waals surface area contributed by atoms with Gasteiger partial charge in [-0.3, -0.25) is 4.79 Å². The third-order valence-electron chi connectivity index (χ3n) is 3.64. The van der Waals surface area contributed by atoms with Crippen molar-refractivity contribution >= 4 is 22.9 Å². The number of hydrogen-bond donors (Lipinski definition) is 1. The molecule has 2 aromatic rings. The van der Waals surface area contributed by atoms with Gasteiger partial charge in [-0.05, 0) is 43.9 Å². The van der Waals surface area contributed by atoms with E-state index in [9.17, 15) is 18.0 Å². The van der Waals surface area contributed by atoms with E-state index >= 15 is 0 Å². The fourth-order valence-corrected chi connectivity index (χ4v) is 3.93. The van der Waals surface area contributed by atoms with Gasteiger partial charge in [0.05, 0.1) is 17.4 Å². The first-order valence-corrected chi connectivity index (χ1v) is 7.63. The minimum absolute atomic E-state index is 0.260. The van der Waals surface area contributed by atoms with E-state index in [2.05, 4.69) is 10.3 Å². The van der Waals surface area contributed by atoms with Crippen molar-refractivity contribution in [3.8, 4) is 0 Å². The summed E-state index contributed by atoms with van der Waals surface area (Å²) in [4.78, 5) is 17.9. The topological polar surface area (TPSA) is 42.0 Å². The SMILES string of the molecule is Cc1sc2c(c1C(=O)Nc1ccc(C(F)(F)F)nc1)CCC2. The fourth-order valence-electron chi connectivity index (χ4n) is 2.67. The number of fused-ring (bicyclic) bond motifs is 1. The quantitative estimate of drug-likeness (QED) is 0.898. The number of aromatic nitrogens is 1. The molecule has 0 saturated carbocycles. The summed E-state index contributed by atoms with van der Waals surface area (Å²) >= 11 is 1.62. The van der Waals surface area contributed by atoms with Crippen molar-refractivity contribution in [3.05, 3.63) is 44.9 Å². The number of anilines is 1. The summed E-state index contributed by atoms with van der Waals surface area (Å²) in [5, 5.41) is 2.63. The Balaban J connectivity index is 1.80. The van der Waals surface area contributed by atoms with Crippen molar-refractivity contribution in [3.63, 3.8) is 0 Å². The molecular weight excluding hydrogens is 313 g/mol. The number of rotatable bonds is 2. The van der Waals surface area contributed by atoms with Gasteiger partial charge in [0.1, 0.15) is 5.69 Å². The fraction of sp³-hybridized carbons (Fsp3) is 0.333. The van der Waals surface area contributed by atoms with Gasteiger partial charge >= 0.3 is 6.18 Å². The minimum Gasteiger partial charge on any atom is -0.321 e. The number of amides is 1. The van der Waals surface area contributed by atoms with Crippen LogP contribution in [0.15, 0.2) is 18.3 Å². The summed E-state index contributed by atoms with van der Waals surface area (Å²) in [6.45, 7) is 1.89. The Labute approximate surface area is 129 Å². The van der Waals surface area contributed by atoms with Crippen molar-refractivity contribution in [2.24, 2.45) is 0 Å². The van der Waals surface area contributed by atoms with Crippen LogP contribution in [-0.2, 0) is 19.0 Å². The molecule has 0 aliphatic heterocycles. The number of carbonyl (C=O) groups is 1. The number of nitrogens with zero attached hydrogens (tertiary/aromatic N) is 1. The second-order valence-electron chi connectivity index (χ2n) is 5.17. The summed E-state index contributed by atoms with van der Waals surface area (Å²) in [7, 11) is 0. The van der Waals surface area contributed by atoms with E-state index in [1.54, 1.807) is 11.3 Å². The molecule has 116 valence electrons. The molecule has 0 aromatic carbocycles. The summed E-state index contributed by atoms with van der Waals surface area (Å²) in [5.74, 6) is -0.279. The monoisotopic (exact) mass is 326 g/mol. The molecule has 0 bridgehead atoms. The molecule has 22 heavy (non-hydrogen) atoms. The lowest BCUT2D eigenvalue weighted by Gasteiger charge is -2.09. The molecule has 0 spiro atoms. The molecule has 1 N–H and O–H groups in total. The van der Waals surface area contributed by atoms with Crippen LogP contribution in [0.5, 0.6) is 0 Å². The Morgan fingerprint density at radius 2 is 2.09 bits per heavy atom. The Bertz CT molecular complexity index is 720. The second kappa shape index (κ2) is 5.39.